The molecule has 0 saturated carbocycles. The van der Waals surface area contributed by atoms with Crippen LogP contribution in [0.15, 0.2) is 18.0 Å². The Morgan fingerprint density at radius 1 is 0.962 bits per heavy atom. The molecule has 9 nitrogen and oxygen atoms in total. The van der Waals surface area contributed by atoms with Gasteiger partial charge < -0.3 is 29.7 Å². The Labute approximate surface area is 322 Å². The van der Waals surface area contributed by atoms with Crippen LogP contribution in [0, 0.1) is 44.4 Å². The number of nitrogens with zero attached hydrogens (tertiary/aromatic N) is 4. The minimum absolute atomic E-state index is 0. The predicted molar refractivity (Wildman–Crippen MR) is 205 cm³/mol. The monoisotopic (exact) mass is 712 g/mol. The van der Waals surface area contributed by atoms with Crippen LogP contribution in [0.25, 0.3) is 35.2 Å². The molecule has 8 bridgehead atoms. The maximum Gasteiger partial charge on any atom is 2.00 e. The van der Waals surface area contributed by atoms with Crippen molar-refractivity contribution < 1.29 is 23.9 Å². The van der Waals surface area contributed by atoms with Crippen LogP contribution < -0.4 is 25.7 Å². The van der Waals surface area contributed by atoms with Gasteiger partial charge in [-0.3, -0.25) is 14.4 Å². The fraction of sp³-hybridized carbons (Fsp3) is 0.452. The summed E-state index contributed by atoms with van der Waals surface area (Å²) in [4.78, 5) is 55.8. The number of aromatic nitrogens is 3. The predicted octanol–water partition coefficient (Wildman–Crippen LogP) is 5.81. The van der Waals surface area contributed by atoms with Crippen LogP contribution in [0.1, 0.15) is 121 Å². The van der Waals surface area contributed by atoms with Crippen LogP contribution >= 0.6 is 0 Å². The summed E-state index contributed by atoms with van der Waals surface area (Å²) in [5, 5.41) is 6.79. The van der Waals surface area contributed by atoms with Crippen molar-refractivity contribution in [1.82, 2.24) is 15.0 Å². The fourth-order valence-corrected chi connectivity index (χ4v) is 8.01. The molecule has 3 aromatic rings. The first-order valence-electron chi connectivity index (χ1n) is 18.2. The zero-order valence-electron chi connectivity index (χ0n) is 31.8. The first-order valence-corrected chi connectivity index (χ1v) is 18.2. The van der Waals surface area contributed by atoms with Gasteiger partial charge in [0.15, 0.2) is 5.78 Å². The second-order valence-electron chi connectivity index (χ2n) is 14.2. The van der Waals surface area contributed by atoms with Gasteiger partial charge in [0, 0.05) is 12.0 Å². The number of esters is 2. The van der Waals surface area contributed by atoms with Gasteiger partial charge in [0.2, 0.25) is 0 Å². The standard InChI is InChI=1S/C42H49N4O5.Mg/c1-10-13-21(4)16-17-51-35(47)15-14-28-24(7)31-18-29-22(5)26(11-2)33(43-29)19-30-23(6)27(12-3)34(44-30)20-32-25(8)36-40(46-32)37(39(28)45-31)38(41(36)48)42(49)50-9;/h11,18-21,24,28,38H,2,10,12-17H2,1,3-9H3,(H-,45,46,48);/q-3;+2/p-1/b30-19-,31-18-,34-20-;/t21?,24-,28-,38+;/m0./s1. The Kier molecular flexibility index (Phi) is 12.0. The Morgan fingerprint density at radius 3 is 2.35 bits per heavy atom. The van der Waals surface area contributed by atoms with Crippen molar-refractivity contribution in [2.24, 2.45) is 23.7 Å². The van der Waals surface area contributed by atoms with Gasteiger partial charge in [-0.05, 0) is 63.4 Å². The van der Waals surface area contributed by atoms with Crippen molar-refractivity contribution in [2.75, 3.05) is 13.7 Å². The van der Waals surface area contributed by atoms with Crippen molar-refractivity contribution in [3.63, 3.8) is 0 Å². The Hall–Kier alpha value is -4.02. The molecule has 0 aromatic carbocycles. The summed E-state index contributed by atoms with van der Waals surface area (Å²) in [6.45, 7) is 18.9. The molecule has 5 heterocycles. The van der Waals surface area contributed by atoms with Crippen LogP contribution in [0.4, 0.5) is 0 Å². The van der Waals surface area contributed by atoms with Crippen LogP contribution in [0.5, 0.6) is 0 Å². The van der Waals surface area contributed by atoms with Gasteiger partial charge in [0.1, 0.15) is 5.92 Å². The summed E-state index contributed by atoms with van der Waals surface area (Å²) in [7, 11) is 1.29. The van der Waals surface area contributed by atoms with Crippen LogP contribution in [-0.2, 0) is 25.5 Å². The molecule has 0 radical (unpaired) electrons. The van der Waals surface area contributed by atoms with Gasteiger partial charge in [-0.25, -0.2) is 0 Å². The number of ketones is 1. The van der Waals surface area contributed by atoms with Gasteiger partial charge in [-0.15, -0.1) is 33.5 Å². The van der Waals surface area contributed by atoms with E-state index in [1.165, 1.54) is 7.11 Å². The van der Waals surface area contributed by atoms with Crippen LogP contribution in [0.2, 0.25) is 0 Å². The molecule has 52 heavy (non-hydrogen) atoms. The molecule has 4 atom stereocenters. The van der Waals surface area contributed by atoms with Crippen molar-refractivity contribution in [3.8, 4) is 0 Å². The number of hydrogen-bond acceptors (Lipinski definition) is 5. The first kappa shape index (κ1) is 39.2. The number of rotatable bonds is 11. The molecule has 0 N–H and O–H groups in total. The number of Topliss-reactive ketones (excluding diaryl/α,β-unsaturated/α-hetero) is 1. The Morgan fingerprint density at radius 2 is 1.67 bits per heavy atom. The smallest absolute Gasteiger partial charge is 0.664 e. The number of methoxy groups -OCH3 is 1. The zero-order chi connectivity index (χ0) is 36.7. The van der Waals surface area contributed by atoms with Gasteiger partial charge in [0.05, 0.1) is 13.7 Å². The molecule has 10 heteroatoms. The summed E-state index contributed by atoms with van der Waals surface area (Å²) in [5.74, 6) is -2.46. The maximum atomic E-state index is 14.2. The third-order valence-corrected chi connectivity index (χ3v) is 11.1. The van der Waals surface area contributed by atoms with Gasteiger partial charge in [0.25, 0.3) is 0 Å². The molecule has 0 spiro atoms. The first-order chi connectivity index (χ1) is 24.4. The molecule has 0 amide bonds. The van der Waals surface area contributed by atoms with Crippen LogP contribution in [0.3, 0.4) is 0 Å². The molecule has 1 saturated heterocycles. The van der Waals surface area contributed by atoms with E-state index in [9.17, 15) is 14.4 Å². The fourth-order valence-electron chi connectivity index (χ4n) is 8.01. The van der Waals surface area contributed by atoms with Gasteiger partial charge in [-0.2, -0.15) is 11.4 Å². The molecule has 270 valence electrons. The average Bonchev–Trinajstić information content (AvgIpc) is 3.84. The summed E-state index contributed by atoms with van der Waals surface area (Å²) >= 11 is 0. The Bertz CT molecular complexity index is 2110. The quantitative estimate of drug-likeness (QED) is 0.139. The van der Waals surface area contributed by atoms with Crippen LogP contribution in [-0.4, -0.2) is 54.5 Å². The number of allylic oxidation sites excluding steroid dienone is 2. The molecular weight excluding hydrogens is 665 g/mol. The van der Waals surface area contributed by atoms with E-state index in [0.29, 0.717) is 52.7 Å². The van der Waals surface area contributed by atoms with E-state index in [0.717, 1.165) is 75.7 Å². The number of carbonyl (C=O) groups is 3. The van der Waals surface area contributed by atoms with E-state index in [-0.39, 0.29) is 53.1 Å². The van der Waals surface area contributed by atoms with E-state index in [1.54, 1.807) is 0 Å². The van der Waals surface area contributed by atoms with Gasteiger partial charge >= 0.3 is 35.0 Å². The number of ether oxygens (including phenoxy) is 2. The van der Waals surface area contributed by atoms with E-state index < -0.39 is 11.9 Å². The summed E-state index contributed by atoms with van der Waals surface area (Å²) in [6.07, 6.45) is 12.1. The van der Waals surface area contributed by atoms with E-state index in [1.807, 2.05) is 38.2 Å². The van der Waals surface area contributed by atoms with Crippen molar-refractivity contribution in [2.45, 2.75) is 87.0 Å². The normalized spacial score (nSPS) is 23.0. The van der Waals surface area contributed by atoms with E-state index in [2.05, 4.69) is 41.2 Å². The van der Waals surface area contributed by atoms with E-state index in [4.69, 9.17) is 29.7 Å². The molecule has 2 aliphatic heterocycles. The summed E-state index contributed by atoms with van der Waals surface area (Å²) < 4.78 is 10.9. The number of hydrogen-bond donors (Lipinski definition) is 0. The molecular formula is C42H48MgN4O5-2. The Balaban J connectivity index is 0.00000523. The average molecular weight is 713 g/mol. The molecule has 1 fully saturated rings. The largest absolute Gasteiger partial charge is 2.00 e. The zero-order valence-corrected chi connectivity index (χ0v) is 33.2. The third-order valence-electron chi connectivity index (χ3n) is 11.1. The maximum absolute atomic E-state index is 14.2. The molecule has 6 rings (SSSR count). The molecule has 3 aromatic heterocycles. The topological polar surface area (TPSA) is 126 Å². The third kappa shape index (κ3) is 6.91. The number of carbonyl (C=O) groups excluding carboxylic acids is 3. The van der Waals surface area contributed by atoms with Gasteiger partial charge in [-0.1, -0.05) is 99.2 Å². The second-order valence-corrected chi connectivity index (χ2v) is 14.2. The van der Waals surface area contributed by atoms with Crippen molar-refractivity contribution >= 4 is 70.7 Å². The minimum atomic E-state index is -1.21. The van der Waals surface area contributed by atoms with Crippen molar-refractivity contribution in [1.29, 1.82) is 0 Å². The molecule has 1 aliphatic carbocycles. The molecule has 1 unspecified atom stereocenters. The van der Waals surface area contributed by atoms with E-state index >= 15 is 0 Å². The summed E-state index contributed by atoms with van der Waals surface area (Å²) in [5.41, 5.74) is 9.50. The second kappa shape index (κ2) is 15.9. The SMILES string of the molecule is C=Cc1c2[n-]c(c1C)/C=C1\[N-]/C(=C3\c4[n-]c(c(C)c4C(=O)[C@@H]3C(=O)OC)/C=c3\[n-]/c(c(C)c3CC)=C\2)[C@@H](CCC(=O)OCCC(C)CCC)[C@@H]1C.[Mg+2]. The minimum Gasteiger partial charge on any atom is -0.664 e. The van der Waals surface area contributed by atoms with Crippen molar-refractivity contribution in [3.05, 3.63) is 90.1 Å². The number of fused-ring (bicyclic) bond motifs is 7. The summed E-state index contributed by atoms with van der Waals surface area (Å²) in [6, 6.07) is 0. The molecule has 3 aliphatic rings.